The van der Waals surface area contributed by atoms with E-state index in [0.29, 0.717) is 5.92 Å². The second kappa shape index (κ2) is 4.28. The molecule has 1 aromatic carbocycles. The molecule has 0 spiro atoms. The molecule has 0 bridgehead atoms. The molecule has 0 N–H and O–H groups in total. The first-order valence-electron chi connectivity index (χ1n) is 5.91. The minimum Gasteiger partial charge on any atom is -0.491 e. The van der Waals surface area contributed by atoms with Gasteiger partial charge in [-0.1, -0.05) is 13.8 Å². The van der Waals surface area contributed by atoms with E-state index in [1.165, 1.54) is 16.7 Å². The molecule has 16 heavy (non-hydrogen) atoms. The zero-order chi connectivity index (χ0) is 11.7. The van der Waals surface area contributed by atoms with Crippen molar-refractivity contribution < 1.29 is 4.74 Å². The van der Waals surface area contributed by atoms with Crippen LogP contribution in [-0.4, -0.2) is 12.3 Å². The van der Waals surface area contributed by atoms with Gasteiger partial charge in [0.15, 0.2) is 0 Å². The molecule has 0 radical (unpaired) electrons. The highest BCUT2D eigenvalue weighted by molar-refractivity contribution is 5.87. The van der Waals surface area contributed by atoms with Crippen LogP contribution < -0.4 is 4.74 Å². The Morgan fingerprint density at radius 3 is 2.56 bits per heavy atom. The number of ether oxygens (including phenoxy) is 1. The highest BCUT2D eigenvalue weighted by atomic mass is 16.5. The molecule has 0 atom stereocenters. The van der Waals surface area contributed by atoms with E-state index >= 15 is 0 Å². The maximum Gasteiger partial charge on any atom is 0.120 e. The lowest BCUT2D eigenvalue weighted by Crippen LogP contribution is -2.07. The summed E-state index contributed by atoms with van der Waals surface area (Å²) >= 11 is 0. The summed E-state index contributed by atoms with van der Waals surface area (Å²) in [4.78, 5) is 4.33. The number of hydrogen-bond acceptors (Lipinski definition) is 2. The SMILES string of the molecule is CC(C)Oc1cc2c(c(C(C)C)c1)C=NC2. The van der Waals surface area contributed by atoms with Crippen LogP contribution in [0.25, 0.3) is 0 Å². The third-order valence-electron chi connectivity index (χ3n) is 2.75. The van der Waals surface area contributed by atoms with Gasteiger partial charge in [0.25, 0.3) is 0 Å². The van der Waals surface area contributed by atoms with Crippen molar-refractivity contribution in [2.24, 2.45) is 4.99 Å². The smallest absolute Gasteiger partial charge is 0.120 e. The molecular weight excluding hydrogens is 198 g/mol. The molecule has 1 aromatic rings. The average Bonchev–Trinajstić information content (AvgIpc) is 2.62. The maximum absolute atomic E-state index is 5.77. The van der Waals surface area contributed by atoms with E-state index in [1.54, 1.807) is 0 Å². The first-order chi connectivity index (χ1) is 7.58. The summed E-state index contributed by atoms with van der Waals surface area (Å²) in [5.41, 5.74) is 3.93. The zero-order valence-corrected chi connectivity index (χ0v) is 10.4. The van der Waals surface area contributed by atoms with Crippen LogP contribution in [0.3, 0.4) is 0 Å². The van der Waals surface area contributed by atoms with Gasteiger partial charge in [-0.2, -0.15) is 0 Å². The quantitative estimate of drug-likeness (QED) is 0.759. The van der Waals surface area contributed by atoms with E-state index in [9.17, 15) is 0 Å². The molecule has 0 aromatic heterocycles. The summed E-state index contributed by atoms with van der Waals surface area (Å²) in [5, 5.41) is 0. The molecule has 86 valence electrons. The van der Waals surface area contributed by atoms with E-state index in [1.807, 2.05) is 6.21 Å². The molecule has 2 nitrogen and oxygen atoms in total. The molecule has 0 saturated heterocycles. The number of rotatable bonds is 3. The lowest BCUT2D eigenvalue weighted by atomic mass is 9.94. The molecule has 2 heteroatoms. The summed E-state index contributed by atoms with van der Waals surface area (Å²) < 4.78 is 5.77. The standard InChI is InChI=1S/C14H19NO/c1-9(2)13-6-12(16-10(3)4)5-11-7-15-8-14(11)13/h5-6,8-10H,7H2,1-4H3. The average molecular weight is 217 g/mol. The van der Waals surface area contributed by atoms with Gasteiger partial charge in [0.05, 0.1) is 12.6 Å². The van der Waals surface area contributed by atoms with Gasteiger partial charge in [-0.3, -0.25) is 4.99 Å². The van der Waals surface area contributed by atoms with Gasteiger partial charge in [-0.25, -0.2) is 0 Å². The molecule has 0 aliphatic carbocycles. The monoisotopic (exact) mass is 217 g/mol. The highest BCUT2D eigenvalue weighted by Crippen LogP contribution is 2.30. The predicted octanol–water partition coefficient (Wildman–Crippen LogP) is 3.53. The van der Waals surface area contributed by atoms with Crippen molar-refractivity contribution >= 4 is 6.21 Å². The molecule has 1 aliphatic heterocycles. The van der Waals surface area contributed by atoms with Crippen molar-refractivity contribution in [2.45, 2.75) is 46.3 Å². The molecule has 1 heterocycles. The van der Waals surface area contributed by atoms with Crippen LogP contribution in [0.2, 0.25) is 0 Å². The van der Waals surface area contributed by atoms with E-state index in [2.05, 4.69) is 44.8 Å². The fourth-order valence-electron chi connectivity index (χ4n) is 2.05. The van der Waals surface area contributed by atoms with Gasteiger partial charge in [0, 0.05) is 11.8 Å². The summed E-state index contributed by atoms with van der Waals surface area (Å²) in [6, 6.07) is 4.27. The largest absolute Gasteiger partial charge is 0.491 e. The van der Waals surface area contributed by atoms with E-state index < -0.39 is 0 Å². The van der Waals surface area contributed by atoms with Crippen LogP contribution in [0.15, 0.2) is 17.1 Å². The normalized spacial score (nSPS) is 13.6. The Labute approximate surface area is 97.4 Å². The summed E-state index contributed by atoms with van der Waals surface area (Å²) in [5.74, 6) is 1.48. The van der Waals surface area contributed by atoms with Crippen molar-refractivity contribution in [3.05, 3.63) is 28.8 Å². The minimum atomic E-state index is 0.223. The van der Waals surface area contributed by atoms with Crippen LogP contribution in [-0.2, 0) is 6.54 Å². The number of hydrogen-bond donors (Lipinski definition) is 0. The molecule has 0 unspecified atom stereocenters. The Morgan fingerprint density at radius 1 is 1.19 bits per heavy atom. The molecule has 0 fully saturated rings. The third-order valence-corrected chi connectivity index (χ3v) is 2.75. The first kappa shape index (κ1) is 11.2. The maximum atomic E-state index is 5.77. The fourth-order valence-corrected chi connectivity index (χ4v) is 2.05. The number of fused-ring (bicyclic) bond motifs is 1. The lowest BCUT2D eigenvalue weighted by Gasteiger charge is -2.16. The second-order valence-corrected chi connectivity index (χ2v) is 4.88. The minimum absolute atomic E-state index is 0.223. The van der Waals surface area contributed by atoms with Crippen LogP contribution in [0.1, 0.15) is 50.3 Å². The Bertz CT molecular complexity index is 419. The lowest BCUT2D eigenvalue weighted by molar-refractivity contribution is 0.242. The van der Waals surface area contributed by atoms with E-state index in [4.69, 9.17) is 4.74 Å². The molecule has 0 amide bonds. The molecule has 2 rings (SSSR count). The Balaban J connectivity index is 2.42. The Hall–Kier alpha value is -1.31. The van der Waals surface area contributed by atoms with Crippen LogP contribution in [0, 0.1) is 0 Å². The predicted molar refractivity (Wildman–Crippen MR) is 67.6 cm³/mol. The van der Waals surface area contributed by atoms with Crippen molar-refractivity contribution in [1.29, 1.82) is 0 Å². The summed E-state index contributed by atoms with van der Waals surface area (Å²) in [6.45, 7) is 9.32. The third kappa shape index (κ3) is 2.11. The molecular formula is C14H19NO. The van der Waals surface area contributed by atoms with Gasteiger partial charge in [-0.05, 0) is 43.0 Å². The van der Waals surface area contributed by atoms with Crippen molar-refractivity contribution in [3.8, 4) is 5.75 Å². The Kier molecular flexibility index (Phi) is 2.99. The summed E-state index contributed by atoms with van der Waals surface area (Å²) in [6.07, 6.45) is 2.21. The number of nitrogens with zero attached hydrogens (tertiary/aromatic N) is 1. The van der Waals surface area contributed by atoms with Crippen molar-refractivity contribution in [1.82, 2.24) is 0 Å². The van der Waals surface area contributed by atoms with Gasteiger partial charge >= 0.3 is 0 Å². The van der Waals surface area contributed by atoms with E-state index in [-0.39, 0.29) is 6.10 Å². The molecule has 0 saturated carbocycles. The number of aliphatic imine (C=N–C) groups is 1. The molecule has 1 aliphatic rings. The van der Waals surface area contributed by atoms with Crippen molar-refractivity contribution in [3.63, 3.8) is 0 Å². The van der Waals surface area contributed by atoms with Gasteiger partial charge < -0.3 is 4.74 Å². The summed E-state index contributed by atoms with van der Waals surface area (Å²) in [7, 11) is 0. The Morgan fingerprint density at radius 2 is 1.94 bits per heavy atom. The van der Waals surface area contributed by atoms with Gasteiger partial charge in [0.1, 0.15) is 5.75 Å². The van der Waals surface area contributed by atoms with Gasteiger partial charge in [0.2, 0.25) is 0 Å². The first-order valence-corrected chi connectivity index (χ1v) is 5.91. The number of benzene rings is 1. The topological polar surface area (TPSA) is 21.6 Å². The van der Waals surface area contributed by atoms with Crippen LogP contribution in [0.4, 0.5) is 0 Å². The van der Waals surface area contributed by atoms with Crippen LogP contribution in [0.5, 0.6) is 5.75 Å². The van der Waals surface area contributed by atoms with Crippen LogP contribution >= 0.6 is 0 Å². The highest BCUT2D eigenvalue weighted by Gasteiger charge is 2.16. The van der Waals surface area contributed by atoms with E-state index in [0.717, 1.165) is 12.3 Å². The fraction of sp³-hybridized carbons (Fsp3) is 0.500. The second-order valence-electron chi connectivity index (χ2n) is 4.88. The zero-order valence-electron chi connectivity index (χ0n) is 10.4. The van der Waals surface area contributed by atoms with Gasteiger partial charge in [-0.15, -0.1) is 0 Å². The van der Waals surface area contributed by atoms with Crippen molar-refractivity contribution in [2.75, 3.05) is 0 Å².